The van der Waals surface area contributed by atoms with Crippen LogP contribution in [-0.4, -0.2) is 24.2 Å². The molecule has 1 amide bonds. The van der Waals surface area contributed by atoms with Gasteiger partial charge < -0.3 is 10.1 Å². The highest BCUT2D eigenvalue weighted by molar-refractivity contribution is 5.73. The van der Waals surface area contributed by atoms with Crippen molar-refractivity contribution in [3.63, 3.8) is 0 Å². The summed E-state index contributed by atoms with van der Waals surface area (Å²) in [5, 5.41) is 3.03. The minimum Gasteiger partial charge on any atom is -0.374 e. The van der Waals surface area contributed by atoms with Gasteiger partial charge in [0.1, 0.15) is 0 Å². The number of nitrogens with one attached hydrogen (secondary N) is 1. The molecule has 3 heteroatoms. The molecule has 1 fully saturated rings. The lowest BCUT2D eigenvalue weighted by Crippen LogP contribution is -2.50. The Morgan fingerprint density at radius 1 is 1.42 bits per heavy atom. The lowest BCUT2D eigenvalue weighted by Gasteiger charge is -2.37. The van der Waals surface area contributed by atoms with Gasteiger partial charge in [-0.05, 0) is 18.9 Å². The first-order chi connectivity index (χ1) is 9.07. The Labute approximate surface area is 114 Å². The molecule has 1 N–H and O–H groups in total. The molecule has 0 spiro atoms. The fraction of sp³-hybridized carbons (Fsp3) is 0.438. The van der Waals surface area contributed by atoms with E-state index in [9.17, 15) is 4.79 Å². The summed E-state index contributed by atoms with van der Waals surface area (Å²) >= 11 is 0. The van der Waals surface area contributed by atoms with Crippen LogP contribution in [0.3, 0.4) is 0 Å². The zero-order valence-corrected chi connectivity index (χ0v) is 11.6. The van der Waals surface area contributed by atoms with E-state index >= 15 is 0 Å². The summed E-state index contributed by atoms with van der Waals surface area (Å²) in [6, 6.07) is 10.2. The molecular formula is C16H21NO2. The van der Waals surface area contributed by atoms with E-state index in [1.807, 2.05) is 18.2 Å². The molecule has 102 valence electrons. The number of hydrogen-bond donors (Lipinski definition) is 1. The van der Waals surface area contributed by atoms with Crippen molar-refractivity contribution >= 4 is 12.0 Å². The van der Waals surface area contributed by atoms with Gasteiger partial charge in [0.25, 0.3) is 0 Å². The van der Waals surface area contributed by atoms with E-state index < -0.39 is 0 Å². The van der Waals surface area contributed by atoms with Crippen LogP contribution in [-0.2, 0) is 9.53 Å². The maximum Gasteiger partial charge on any atom is 0.217 e. The third kappa shape index (κ3) is 4.21. The largest absolute Gasteiger partial charge is 0.374 e. The van der Waals surface area contributed by atoms with Crippen molar-refractivity contribution in [3.05, 3.63) is 42.0 Å². The Morgan fingerprint density at radius 3 is 2.84 bits per heavy atom. The van der Waals surface area contributed by atoms with Gasteiger partial charge in [0, 0.05) is 25.5 Å². The summed E-state index contributed by atoms with van der Waals surface area (Å²) in [6.45, 7) is 4.33. The SMILES string of the molecule is CC(=O)N[C@]1(C)CCO[C@@H](/C=C/c2ccccc2)C1. The van der Waals surface area contributed by atoms with Gasteiger partial charge in [0.15, 0.2) is 0 Å². The second-order valence-corrected chi connectivity index (χ2v) is 5.38. The standard InChI is InChI=1S/C16H21NO2/c1-13(18)17-16(2)10-11-19-15(12-16)9-8-14-6-4-3-5-7-14/h3-9,15H,10-12H2,1-2H3,(H,17,18)/b9-8+/t15-,16+/m0/s1. The van der Waals surface area contributed by atoms with Crippen molar-refractivity contribution < 1.29 is 9.53 Å². The van der Waals surface area contributed by atoms with Crippen molar-refractivity contribution in [2.24, 2.45) is 0 Å². The molecule has 0 unspecified atom stereocenters. The first kappa shape index (κ1) is 13.8. The molecule has 0 aliphatic carbocycles. The summed E-state index contributed by atoms with van der Waals surface area (Å²) in [5.74, 6) is 0.0233. The third-order valence-electron chi connectivity index (χ3n) is 3.42. The predicted molar refractivity (Wildman–Crippen MR) is 76.7 cm³/mol. The first-order valence-electron chi connectivity index (χ1n) is 6.71. The summed E-state index contributed by atoms with van der Waals surface area (Å²) in [4.78, 5) is 11.2. The third-order valence-corrected chi connectivity index (χ3v) is 3.42. The molecule has 1 aliphatic heterocycles. The molecule has 2 rings (SSSR count). The number of carbonyl (C=O) groups excluding carboxylic acids is 1. The van der Waals surface area contributed by atoms with Crippen molar-refractivity contribution in [2.45, 2.75) is 38.3 Å². The van der Waals surface area contributed by atoms with Gasteiger partial charge in [-0.25, -0.2) is 0 Å². The topological polar surface area (TPSA) is 38.3 Å². The molecule has 19 heavy (non-hydrogen) atoms. The highest BCUT2D eigenvalue weighted by Gasteiger charge is 2.32. The number of amides is 1. The number of benzene rings is 1. The molecule has 2 atom stereocenters. The number of carbonyl (C=O) groups is 1. The van der Waals surface area contributed by atoms with E-state index in [-0.39, 0.29) is 17.6 Å². The van der Waals surface area contributed by atoms with Gasteiger partial charge in [-0.2, -0.15) is 0 Å². The zero-order valence-electron chi connectivity index (χ0n) is 11.6. The first-order valence-corrected chi connectivity index (χ1v) is 6.71. The molecular weight excluding hydrogens is 238 g/mol. The number of hydrogen-bond acceptors (Lipinski definition) is 2. The van der Waals surface area contributed by atoms with Crippen LogP contribution in [0.15, 0.2) is 36.4 Å². The van der Waals surface area contributed by atoms with Crippen LogP contribution in [0.25, 0.3) is 6.08 Å². The average Bonchev–Trinajstić information content (AvgIpc) is 2.36. The summed E-state index contributed by atoms with van der Waals surface area (Å²) < 4.78 is 5.74. The summed E-state index contributed by atoms with van der Waals surface area (Å²) in [7, 11) is 0. The minimum absolute atomic E-state index is 0.0233. The fourth-order valence-electron chi connectivity index (χ4n) is 2.49. The Bertz CT molecular complexity index is 455. The van der Waals surface area contributed by atoms with Crippen molar-refractivity contribution in [2.75, 3.05) is 6.61 Å². The van der Waals surface area contributed by atoms with E-state index in [0.717, 1.165) is 18.4 Å². The molecule has 1 heterocycles. The van der Waals surface area contributed by atoms with Gasteiger partial charge in [0.2, 0.25) is 5.91 Å². The predicted octanol–water partition coefficient (Wildman–Crippen LogP) is 2.77. The van der Waals surface area contributed by atoms with Gasteiger partial charge in [-0.15, -0.1) is 0 Å². The van der Waals surface area contributed by atoms with Gasteiger partial charge >= 0.3 is 0 Å². The van der Waals surface area contributed by atoms with Crippen LogP contribution < -0.4 is 5.32 Å². The van der Waals surface area contributed by atoms with Crippen LogP contribution in [0.1, 0.15) is 32.3 Å². The second kappa shape index (κ2) is 6.02. The number of ether oxygens (including phenoxy) is 1. The van der Waals surface area contributed by atoms with Crippen molar-refractivity contribution in [3.8, 4) is 0 Å². The van der Waals surface area contributed by atoms with Crippen LogP contribution >= 0.6 is 0 Å². The van der Waals surface area contributed by atoms with Crippen molar-refractivity contribution in [1.29, 1.82) is 0 Å². The van der Waals surface area contributed by atoms with Gasteiger partial charge in [0.05, 0.1) is 6.10 Å². The maximum absolute atomic E-state index is 11.2. The molecule has 1 saturated heterocycles. The molecule has 0 radical (unpaired) electrons. The van der Waals surface area contributed by atoms with E-state index in [1.165, 1.54) is 0 Å². The van der Waals surface area contributed by atoms with Crippen LogP contribution in [0, 0.1) is 0 Å². The van der Waals surface area contributed by atoms with Gasteiger partial charge in [-0.1, -0.05) is 42.5 Å². The van der Waals surface area contributed by atoms with Crippen LogP contribution in [0.4, 0.5) is 0 Å². The fourth-order valence-corrected chi connectivity index (χ4v) is 2.49. The smallest absolute Gasteiger partial charge is 0.217 e. The number of rotatable bonds is 3. The Balaban J connectivity index is 1.98. The molecule has 3 nitrogen and oxygen atoms in total. The molecule has 1 aromatic carbocycles. The lowest BCUT2D eigenvalue weighted by molar-refractivity contribution is -0.122. The molecule has 0 bridgehead atoms. The lowest BCUT2D eigenvalue weighted by atomic mass is 9.88. The highest BCUT2D eigenvalue weighted by Crippen LogP contribution is 2.25. The van der Waals surface area contributed by atoms with Crippen molar-refractivity contribution in [1.82, 2.24) is 5.32 Å². The maximum atomic E-state index is 11.2. The normalized spacial score (nSPS) is 27.4. The second-order valence-electron chi connectivity index (χ2n) is 5.38. The van der Waals surface area contributed by atoms with Crippen LogP contribution in [0.5, 0.6) is 0 Å². The molecule has 0 aromatic heterocycles. The quantitative estimate of drug-likeness (QED) is 0.906. The average molecular weight is 259 g/mol. The highest BCUT2D eigenvalue weighted by atomic mass is 16.5. The van der Waals surface area contributed by atoms with E-state index in [0.29, 0.717) is 6.61 Å². The Morgan fingerprint density at radius 2 is 2.16 bits per heavy atom. The Hall–Kier alpha value is -1.61. The van der Waals surface area contributed by atoms with Crippen LogP contribution in [0.2, 0.25) is 0 Å². The zero-order chi connectivity index (χ0) is 13.7. The van der Waals surface area contributed by atoms with E-state index in [4.69, 9.17) is 4.74 Å². The summed E-state index contributed by atoms with van der Waals surface area (Å²) in [5.41, 5.74) is 1.01. The van der Waals surface area contributed by atoms with Gasteiger partial charge in [-0.3, -0.25) is 4.79 Å². The molecule has 1 aromatic rings. The molecule has 1 aliphatic rings. The monoisotopic (exact) mass is 259 g/mol. The minimum atomic E-state index is -0.157. The Kier molecular flexibility index (Phi) is 4.38. The molecule has 0 saturated carbocycles. The van der Waals surface area contributed by atoms with E-state index in [2.05, 4.69) is 36.5 Å². The van der Waals surface area contributed by atoms with E-state index in [1.54, 1.807) is 6.92 Å². The summed E-state index contributed by atoms with van der Waals surface area (Å²) in [6.07, 6.45) is 5.89.